The summed E-state index contributed by atoms with van der Waals surface area (Å²) >= 11 is -1.03. The molecule has 11 heavy (non-hydrogen) atoms. The summed E-state index contributed by atoms with van der Waals surface area (Å²) in [5, 5.41) is 4.10. The topological polar surface area (TPSA) is 17.1 Å². The van der Waals surface area contributed by atoms with Crippen LogP contribution in [0.4, 0.5) is 0 Å². The van der Waals surface area contributed by atoms with Crippen molar-refractivity contribution in [2.45, 2.75) is 17.6 Å². The molecule has 1 aliphatic rings. The zero-order valence-electron chi connectivity index (χ0n) is 7.11. The van der Waals surface area contributed by atoms with E-state index in [0.29, 0.717) is 4.17 Å². The molecule has 1 aliphatic carbocycles. The molecule has 0 aromatic carbocycles. The van der Waals surface area contributed by atoms with Crippen molar-refractivity contribution in [1.82, 2.24) is 0 Å². The first kappa shape index (κ1) is 10.8. The van der Waals surface area contributed by atoms with Crippen LogP contribution in [-0.2, 0) is 22.1 Å². The Morgan fingerprint density at radius 3 is 1.55 bits per heavy atom. The van der Waals surface area contributed by atoms with Gasteiger partial charge in [0.2, 0.25) is 0 Å². The monoisotopic (exact) mass is 333 g/mol. The van der Waals surface area contributed by atoms with Crippen molar-refractivity contribution < 1.29 is 22.1 Å². The van der Waals surface area contributed by atoms with Crippen LogP contribution in [0, 0.1) is 6.42 Å². The van der Waals surface area contributed by atoms with Crippen molar-refractivity contribution >= 4 is 4.17 Å². The Balaban J connectivity index is 0.000000183. The molecule has 0 fully saturated rings. The van der Waals surface area contributed by atoms with Crippen LogP contribution in [-0.4, -0.2) is 4.17 Å². The minimum absolute atomic E-state index is 0.417. The van der Waals surface area contributed by atoms with Gasteiger partial charge in [-0.2, -0.15) is 0 Å². The summed E-state index contributed by atoms with van der Waals surface area (Å²) in [5.74, 6) is 0. The van der Waals surface area contributed by atoms with Gasteiger partial charge < -0.3 is 0 Å². The van der Waals surface area contributed by atoms with Crippen LogP contribution in [0.3, 0.4) is 0 Å². The molecule has 66 valence electrons. The van der Waals surface area contributed by atoms with E-state index >= 15 is 0 Å². The first-order valence-corrected chi connectivity index (χ1v) is 8.84. The van der Waals surface area contributed by atoms with Crippen LogP contribution in [0.25, 0.3) is 0 Å². The Hall–Kier alpha value is -0.162. The summed E-state index contributed by atoms with van der Waals surface area (Å²) in [7, 11) is 0. The predicted molar refractivity (Wildman–Crippen MR) is 45.0 cm³/mol. The Bertz CT molecular complexity index is 158. The van der Waals surface area contributed by atoms with E-state index < -0.39 is 17.3 Å². The molecule has 0 saturated carbocycles. The second kappa shape index (κ2) is 6.54. The van der Waals surface area contributed by atoms with E-state index in [4.69, 9.17) is 0 Å². The van der Waals surface area contributed by atoms with Gasteiger partial charge in [-0.25, -0.2) is 0 Å². The molecule has 0 amide bonds. The quantitative estimate of drug-likeness (QED) is 0.721. The van der Waals surface area contributed by atoms with E-state index in [1.54, 1.807) is 6.92 Å². The van der Waals surface area contributed by atoms with Crippen LogP contribution in [0.5, 0.6) is 0 Å². The summed E-state index contributed by atoms with van der Waals surface area (Å²) in [6.45, 7) is 1.67. The van der Waals surface area contributed by atoms with Crippen molar-refractivity contribution in [1.29, 1.82) is 0 Å². The van der Waals surface area contributed by atoms with E-state index in [2.05, 4.69) is 0 Å². The molecular formula is C9H14OPt. The van der Waals surface area contributed by atoms with Crippen molar-refractivity contribution in [2.75, 3.05) is 0 Å². The van der Waals surface area contributed by atoms with E-state index in [1.165, 1.54) is 0 Å². The van der Waals surface area contributed by atoms with Crippen molar-refractivity contribution in [3.8, 4) is 0 Å². The molecule has 0 spiro atoms. The van der Waals surface area contributed by atoms with Crippen LogP contribution in [0.2, 0.25) is 10.6 Å². The molecule has 2 heteroatoms. The maximum Gasteiger partial charge on any atom is 0.00506 e. The molecule has 0 aromatic rings. The van der Waals surface area contributed by atoms with Crippen LogP contribution in [0.1, 0.15) is 6.92 Å². The first-order valence-electron chi connectivity index (χ1n) is 3.16. The summed E-state index contributed by atoms with van der Waals surface area (Å²) in [5.41, 5.74) is 0. The fourth-order valence-corrected chi connectivity index (χ4v) is 0.321. The average molecular weight is 333 g/mol. The van der Waals surface area contributed by atoms with Gasteiger partial charge in [0.25, 0.3) is 0 Å². The first-order chi connectivity index (χ1) is 5.14. The minimum Gasteiger partial charge on any atom is -0.0767 e. The Kier molecular flexibility index (Phi) is 6.45. The van der Waals surface area contributed by atoms with Gasteiger partial charge in [-0.15, -0.1) is 0 Å². The Morgan fingerprint density at radius 2 is 1.45 bits per heavy atom. The third kappa shape index (κ3) is 7.74. The second-order valence-electron chi connectivity index (χ2n) is 2.02. The molecule has 0 heterocycles. The van der Waals surface area contributed by atoms with Crippen molar-refractivity contribution in [2.24, 2.45) is 0 Å². The normalized spacial score (nSPS) is 13.9. The number of carbonyl (C=O) groups excluding carboxylic acids is 1. The molecule has 0 bridgehead atoms. The molecular weight excluding hydrogens is 319 g/mol. The molecule has 0 atom stereocenters. The number of hydrogen-bond donors (Lipinski definition) is 0. The molecule has 0 saturated heterocycles. The number of rotatable bonds is 1. The third-order valence-corrected chi connectivity index (χ3v) is 4.20. The Labute approximate surface area is 74.7 Å². The van der Waals surface area contributed by atoms with Gasteiger partial charge in [0, 0.05) is 6.42 Å². The van der Waals surface area contributed by atoms with E-state index in [0.717, 1.165) is 0 Å². The molecule has 1 rings (SSSR count). The fourth-order valence-electron chi connectivity index (χ4n) is 0.321. The fraction of sp³-hybridized carbons (Fsp3) is 0.333. The minimum atomic E-state index is -1.03. The summed E-state index contributed by atoms with van der Waals surface area (Å²) < 4.78 is 0.417. The molecule has 0 unspecified atom stereocenters. The van der Waals surface area contributed by atoms with Gasteiger partial charge in [0.05, 0.1) is 0 Å². The number of carbonyl (C=O) groups is 1. The summed E-state index contributed by atoms with van der Waals surface area (Å²) in [6.07, 6.45) is 10.0. The van der Waals surface area contributed by atoms with Crippen molar-refractivity contribution in [3.63, 3.8) is 0 Å². The maximum atomic E-state index is 10.2. The van der Waals surface area contributed by atoms with E-state index in [1.807, 2.05) is 41.4 Å². The second-order valence-corrected chi connectivity index (χ2v) is 8.17. The molecule has 1 radical (unpaired) electrons. The zero-order chi connectivity index (χ0) is 8.69. The third-order valence-electron chi connectivity index (χ3n) is 1.00. The molecule has 0 N–H and O–H groups in total. The zero-order valence-corrected chi connectivity index (χ0v) is 9.38. The van der Waals surface area contributed by atoms with Gasteiger partial charge in [0.1, 0.15) is 0 Å². The largest absolute Gasteiger partial charge is 0.0767 e. The van der Waals surface area contributed by atoms with Gasteiger partial charge in [-0.05, 0) is 0 Å². The van der Waals surface area contributed by atoms with E-state index in [9.17, 15) is 4.79 Å². The van der Waals surface area contributed by atoms with Crippen LogP contribution < -0.4 is 0 Å². The average Bonchev–Trinajstić information content (AvgIpc) is 2.41. The number of hydrogen-bond acceptors (Lipinski definition) is 1. The molecule has 0 aliphatic heterocycles. The van der Waals surface area contributed by atoms with Crippen molar-refractivity contribution in [3.05, 3.63) is 30.7 Å². The summed E-state index contributed by atoms with van der Waals surface area (Å²) in [6, 6.07) is 0. The molecule has 1 nitrogen and oxygen atoms in total. The van der Waals surface area contributed by atoms with Gasteiger partial charge in [-0.1, -0.05) is 24.3 Å². The van der Waals surface area contributed by atoms with E-state index in [-0.39, 0.29) is 0 Å². The standard InChI is InChI=1S/C5H5.C2H3O.2CH3.Pt/c1-2-4-5-3-1;1-2-3;;;/h1-5H;1H3;2*1H3;. The van der Waals surface area contributed by atoms with Crippen LogP contribution >= 0.6 is 0 Å². The number of allylic oxidation sites excluding steroid dienone is 4. The predicted octanol–water partition coefficient (Wildman–Crippen LogP) is 2.56. The SMILES string of the molecule is C[C](=O)[Pt]([CH3])[CH3].[CH]1C=CC=C1. The van der Waals surface area contributed by atoms with Gasteiger partial charge in [-0.3, -0.25) is 0 Å². The van der Waals surface area contributed by atoms with Crippen LogP contribution in [0.15, 0.2) is 24.3 Å². The molecule has 0 aromatic heterocycles. The Morgan fingerprint density at radius 1 is 1.09 bits per heavy atom. The summed E-state index contributed by atoms with van der Waals surface area (Å²) in [4.78, 5) is 10.2. The van der Waals surface area contributed by atoms with Gasteiger partial charge >= 0.3 is 43.8 Å². The maximum absolute atomic E-state index is 10.2. The van der Waals surface area contributed by atoms with Gasteiger partial charge in [0.15, 0.2) is 0 Å². The smallest absolute Gasteiger partial charge is 0.00506 e.